The van der Waals surface area contributed by atoms with Crippen molar-refractivity contribution >= 4 is 45.7 Å². The molecule has 182 valence electrons. The second kappa shape index (κ2) is 11.7. The molecule has 1 aromatic heterocycles. The largest absolute Gasteiger partial charge is 0.497 e. The third-order valence-electron chi connectivity index (χ3n) is 5.40. The molecule has 35 heavy (non-hydrogen) atoms. The van der Waals surface area contributed by atoms with Crippen molar-refractivity contribution in [3.8, 4) is 11.5 Å². The maximum absolute atomic E-state index is 15.2. The third-order valence-corrected chi connectivity index (χ3v) is 7.66. The number of halogens is 2. The van der Waals surface area contributed by atoms with Crippen molar-refractivity contribution in [3.63, 3.8) is 0 Å². The Balaban J connectivity index is 1.56. The van der Waals surface area contributed by atoms with Crippen molar-refractivity contribution in [2.45, 2.75) is 24.9 Å². The van der Waals surface area contributed by atoms with Gasteiger partial charge < -0.3 is 14.8 Å². The Morgan fingerprint density at radius 3 is 2.63 bits per heavy atom. The van der Waals surface area contributed by atoms with Crippen molar-refractivity contribution in [3.05, 3.63) is 93.7 Å². The standard InChI is InChI=1S/C26H25ClFN3O2S2/c1-17-6-4-5-7-18(17)15-30-23-14-22(28)25(13-21(23)27)35-31(26-29-10-11-34-26)16-19-8-9-20(32-2)12-24(19)33-3/h4-14,30H,15-16H2,1-3H3. The molecule has 0 saturated carbocycles. The van der Waals surface area contributed by atoms with Crippen LogP contribution in [-0.2, 0) is 13.1 Å². The summed E-state index contributed by atoms with van der Waals surface area (Å²) < 4.78 is 28.0. The van der Waals surface area contributed by atoms with Crippen LogP contribution in [0.5, 0.6) is 11.5 Å². The number of ether oxygens (including phenoxy) is 2. The molecule has 1 heterocycles. The van der Waals surface area contributed by atoms with E-state index in [4.69, 9.17) is 21.1 Å². The van der Waals surface area contributed by atoms with Crippen molar-refractivity contribution in [2.75, 3.05) is 23.8 Å². The molecule has 1 N–H and O–H groups in total. The van der Waals surface area contributed by atoms with E-state index < -0.39 is 0 Å². The Morgan fingerprint density at radius 1 is 1.09 bits per heavy atom. The van der Waals surface area contributed by atoms with Crippen molar-refractivity contribution < 1.29 is 13.9 Å². The van der Waals surface area contributed by atoms with E-state index >= 15 is 4.39 Å². The maximum atomic E-state index is 15.2. The molecule has 0 aliphatic heterocycles. The second-order valence-electron chi connectivity index (χ2n) is 7.66. The number of anilines is 2. The van der Waals surface area contributed by atoms with Gasteiger partial charge in [-0.25, -0.2) is 9.37 Å². The van der Waals surface area contributed by atoms with Gasteiger partial charge in [0.2, 0.25) is 0 Å². The number of nitrogens with zero attached hydrogens (tertiary/aromatic N) is 2. The van der Waals surface area contributed by atoms with Crippen LogP contribution in [-0.4, -0.2) is 19.2 Å². The predicted molar refractivity (Wildman–Crippen MR) is 144 cm³/mol. The predicted octanol–water partition coefficient (Wildman–Crippen LogP) is 7.59. The van der Waals surface area contributed by atoms with Crippen molar-refractivity contribution in [1.82, 2.24) is 4.98 Å². The summed E-state index contributed by atoms with van der Waals surface area (Å²) in [5.41, 5.74) is 3.76. The van der Waals surface area contributed by atoms with Crippen LogP contribution in [0.25, 0.3) is 0 Å². The monoisotopic (exact) mass is 529 g/mol. The molecule has 0 fully saturated rings. The zero-order chi connectivity index (χ0) is 24.8. The molecule has 0 radical (unpaired) electrons. The minimum absolute atomic E-state index is 0.366. The lowest BCUT2D eigenvalue weighted by molar-refractivity contribution is 0.391. The van der Waals surface area contributed by atoms with Crippen LogP contribution in [0.3, 0.4) is 0 Å². The molecule has 0 bridgehead atoms. The van der Waals surface area contributed by atoms with Gasteiger partial charge in [0.15, 0.2) is 5.13 Å². The first-order valence-corrected chi connectivity index (χ1v) is 12.8. The van der Waals surface area contributed by atoms with Crippen LogP contribution in [0.2, 0.25) is 5.02 Å². The second-order valence-corrected chi connectivity index (χ2v) is 10.0. The van der Waals surface area contributed by atoms with E-state index in [1.165, 1.54) is 29.4 Å². The van der Waals surface area contributed by atoms with Gasteiger partial charge in [0.25, 0.3) is 0 Å². The molecule has 9 heteroatoms. The number of nitrogens with one attached hydrogen (secondary N) is 1. The van der Waals surface area contributed by atoms with Gasteiger partial charge in [-0.2, -0.15) is 0 Å². The Hall–Kier alpha value is -2.94. The zero-order valence-electron chi connectivity index (χ0n) is 19.5. The first-order valence-electron chi connectivity index (χ1n) is 10.8. The molecule has 3 aromatic carbocycles. The number of rotatable bonds is 10. The van der Waals surface area contributed by atoms with Gasteiger partial charge in [-0.05, 0) is 54.3 Å². The number of methoxy groups -OCH3 is 2. The van der Waals surface area contributed by atoms with Crippen LogP contribution in [0.1, 0.15) is 16.7 Å². The van der Waals surface area contributed by atoms with Gasteiger partial charge >= 0.3 is 0 Å². The first kappa shape index (κ1) is 25.2. The zero-order valence-corrected chi connectivity index (χ0v) is 21.9. The average molecular weight is 530 g/mol. The van der Waals surface area contributed by atoms with Gasteiger partial charge in [-0.3, -0.25) is 4.31 Å². The molecule has 0 aliphatic carbocycles. The Labute approximate surface area is 218 Å². The first-order chi connectivity index (χ1) is 17.0. The number of hydrogen-bond acceptors (Lipinski definition) is 7. The number of aromatic nitrogens is 1. The highest BCUT2D eigenvalue weighted by atomic mass is 35.5. The van der Waals surface area contributed by atoms with Gasteiger partial charge in [0.05, 0.1) is 36.4 Å². The van der Waals surface area contributed by atoms with E-state index in [0.29, 0.717) is 40.2 Å². The summed E-state index contributed by atoms with van der Waals surface area (Å²) in [5, 5.41) is 6.32. The summed E-state index contributed by atoms with van der Waals surface area (Å²) in [6.07, 6.45) is 1.72. The minimum atomic E-state index is -0.366. The van der Waals surface area contributed by atoms with E-state index in [0.717, 1.165) is 21.8 Å². The average Bonchev–Trinajstić information content (AvgIpc) is 3.40. The lowest BCUT2D eigenvalue weighted by Crippen LogP contribution is -2.15. The summed E-state index contributed by atoms with van der Waals surface area (Å²) in [4.78, 5) is 4.83. The lowest BCUT2D eigenvalue weighted by Gasteiger charge is -2.22. The molecule has 4 rings (SSSR count). The summed E-state index contributed by atoms with van der Waals surface area (Å²) in [6.45, 7) is 3.04. The van der Waals surface area contributed by atoms with Crippen LogP contribution in [0.15, 0.2) is 71.1 Å². The van der Waals surface area contributed by atoms with E-state index in [-0.39, 0.29) is 5.82 Å². The van der Waals surface area contributed by atoms with Gasteiger partial charge in [-0.15, -0.1) is 11.3 Å². The maximum Gasteiger partial charge on any atom is 0.195 e. The number of benzene rings is 3. The molecular formula is C26H25ClFN3O2S2. The fourth-order valence-electron chi connectivity index (χ4n) is 3.47. The molecule has 0 spiro atoms. The Bertz CT molecular complexity index is 1290. The van der Waals surface area contributed by atoms with Crippen molar-refractivity contribution in [2.24, 2.45) is 0 Å². The quantitative estimate of drug-likeness (QED) is 0.213. The summed E-state index contributed by atoms with van der Waals surface area (Å²) >= 11 is 9.26. The normalized spacial score (nSPS) is 10.8. The van der Waals surface area contributed by atoms with Gasteiger partial charge in [-0.1, -0.05) is 35.9 Å². The number of thiazole rings is 1. The molecule has 5 nitrogen and oxygen atoms in total. The minimum Gasteiger partial charge on any atom is -0.497 e. The van der Waals surface area contributed by atoms with E-state index in [1.807, 2.05) is 59.1 Å². The Kier molecular flexibility index (Phi) is 8.38. The topological polar surface area (TPSA) is 46.6 Å². The van der Waals surface area contributed by atoms with E-state index in [1.54, 1.807) is 26.5 Å². The summed E-state index contributed by atoms with van der Waals surface area (Å²) in [6, 6.07) is 16.8. The van der Waals surface area contributed by atoms with E-state index in [9.17, 15) is 0 Å². The molecule has 0 atom stereocenters. The number of aryl methyl sites for hydroxylation is 1. The van der Waals surface area contributed by atoms with Gasteiger partial charge in [0, 0.05) is 29.8 Å². The smallest absolute Gasteiger partial charge is 0.195 e. The lowest BCUT2D eigenvalue weighted by atomic mass is 10.1. The summed E-state index contributed by atoms with van der Waals surface area (Å²) in [7, 11) is 3.22. The van der Waals surface area contributed by atoms with Crippen LogP contribution < -0.4 is 19.1 Å². The molecule has 0 unspecified atom stereocenters. The van der Waals surface area contributed by atoms with Crippen LogP contribution in [0.4, 0.5) is 15.2 Å². The summed E-state index contributed by atoms with van der Waals surface area (Å²) in [5.74, 6) is 1.02. The number of hydrogen-bond donors (Lipinski definition) is 1. The molecule has 0 amide bonds. The highest BCUT2D eigenvalue weighted by molar-refractivity contribution is 8.00. The fourth-order valence-corrected chi connectivity index (χ4v) is 5.43. The molecular weight excluding hydrogens is 505 g/mol. The molecule has 0 aliphatic rings. The molecule has 0 saturated heterocycles. The van der Waals surface area contributed by atoms with E-state index in [2.05, 4.69) is 10.3 Å². The van der Waals surface area contributed by atoms with Crippen LogP contribution in [0, 0.1) is 12.7 Å². The molecule has 4 aromatic rings. The highest BCUT2D eigenvalue weighted by Crippen LogP contribution is 2.38. The van der Waals surface area contributed by atoms with Gasteiger partial charge in [0.1, 0.15) is 17.3 Å². The third kappa shape index (κ3) is 6.20. The van der Waals surface area contributed by atoms with Crippen molar-refractivity contribution in [1.29, 1.82) is 0 Å². The fraction of sp³-hybridized carbons (Fsp3) is 0.192. The SMILES string of the molecule is COc1ccc(CN(Sc2cc(Cl)c(NCc3ccccc3C)cc2F)c2nccs2)c(OC)c1. The Morgan fingerprint density at radius 2 is 1.91 bits per heavy atom. The van der Waals surface area contributed by atoms with Crippen LogP contribution >= 0.6 is 34.9 Å². The highest BCUT2D eigenvalue weighted by Gasteiger charge is 2.19.